The number of carbonyl (C=O) groups is 4. The van der Waals surface area contributed by atoms with Crippen molar-refractivity contribution < 1.29 is 33.8 Å². The third-order valence-electron chi connectivity index (χ3n) is 9.86. The lowest BCUT2D eigenvalue weighted by atomic mass is 9.77. The second-order valence-corrected chi connectivity index (χ2v) is 13.0. The Balaban J connectivity index is 1.45. The van der Waals surface area contributed by atoms with E-state index in [1.165, 1.54) is 0 Å². The highest BCUT2D eigenvalue weighted by Gasteiger charge is 2.71. The first-order valence-electron chi connectivity index (χ1n) is 16.5. The van der Waals surface area contributed by atoms with Gasteiger partial charge in [-0.1, -0.05) is 72.8 Å². The molecule has 2 aromatic rings. The summed E-state index contributed by atoms with van der Waals surface area (Å²) < 4.78 is 13.1. The summed E-state index contributed by atoms with van der Waals surface area (Å²) in [6.45, 7) is 6.16. The lowest BCUT2D eigenvalue weighted by Gasteiger charge is -2.36. The van der Waals surface area contributed by atoms with E-state index in [1.807, 2.05) is 74.5 Å². The molecule has 6 rings (SSSR count). The number of fused-ring (bicyclic) bond motifs is 2. The number of esters is 1. The van der Waals surface area contributed by atoms with Crippen molar-refractivity contribution in [1.29, 1.82) is 0 Å². The zero-order chi connectivity index (χ0) is 33.3. The van der Waals surface area contributed by atoms with Gasteiger partial charge in [-0.25, -0.2) is 0 Å². The number of para-hydroxylation sites is 1. The number of hydrogen-bond donors (Lipinski definition) is 2. The van der Waals surface area contributed by atoms with Gasteiger partial charge in [0.25, 0.3) is 5.91 Å². The van der Waals surface area contributed by atoms with Gasteiger partial charge in [-0.05, 0) is 56.7 Å². The van der Waals surface area contributed by atoms with Crippen LogP contribution in [0.4, 0.5) is 5.69 Å². The zero-order valence-electron chi connectivity index (χ0n) is 27.1. The minimum absolute atomic E-state index is 0.0441. The fourth-order valence-electron chi connectivity index (χ4n) is 7.77. The van der Waals surface area contributed by atoms with Gasteiger partial charge in [0.05, 0.1) is 18.1 Å². The van der Waals surface area contributed by atoms with Crippen molar-refractivity contribution in [2.24, 2.45) is 11.8 Å². The van der Waals surface area contributed by atoms with Crippen LogP contribution in [0.15, 0.2) is 72.8 Å². The van der Waals surface area contributed by atoms with Crippen LogP contribution in [-0.4, -0.2) is 77.2 Å². The predicted octanol–water partition coefficient (Wildman–Crippen LogP) is 3.70. The topological polar surface area (TPSA) is 125 Å². The van der Waals surface area contributed by atoms with Gasteiger partial charge in [-0.3, -0.25) is 19.2 Å². The second-order valence-electron chi connectivity index (χ2n) is 13.0. The molecule has 0 bridgehead atoms. The van der Waals surface area contributed by atoms with Crippen LogP contribution < -0.4 is 10.2 Å². The number of aliphatic hydroxyl groups excluding tert-OH is 1. The first-order valence-corrected chi connectivity index (χ1v) is 16.5. The normalized spacial score (nSPS) is 31.6. The molecule has 0 saturated carbocycles. The van der Waals surface area contributed by atoms with Crippen molar-refractivity contribution in [1.82, 2.24) is 10.2 Å². The van der Waals surface area contributed by atoms with Crippen LogP contribution in [0.25, 0.3) is 0 Å². The molecule has 1 spiro atoms. The van der Waals surface area contributed by atoms with E-state index in [9.17, 15) is 24.3 Å². The molecule has 7 atom stereocenters. The van der Waals surface area contributed by atoms with Crippen LogP contribution in [0, 0.1) is 25.7 Å². The second kappa shape index (κ2) is 13.4. The predicted molar refractivity (Wildman–Crippen MR) is 175 cm³/mol. The average molecular weight is 642 g/mol. The van der Waals surface area contributed by atoms with E-state index in [0.717, 1.165) is 16.8 Å². The molecule has 4 heterocycles. The van der Waals surface area contributed by atoms with E-state index in [-0.39, 0.29) is 43.8 Å². The van der Waals surface area contributed by atoms with E-state index >= 15 is 0 Å². The molecule has 47 heavy (non-hydrogen) atoms. The summed E-state index contributed by atoms with van der Waals surface area (Å²) in [5.74, 6) is -3.49. The van der Waals surface area contributed by atoms with E-state index in [1.54, 1.807) is 28.9 Å². The van der Waals surface area contributed by atoms with Gasteiger partial charge < -0.3 is 29.7 Å². The monoisotopic (exact) mass is 641 g/mol. The van der Waals surface area contributed by atoms with Crippen LogP contribution in [0.2, 0.25) is 0 Å². The summed E-state index contributed by atoms with van der Waals surface area (Å²) >= 11 is 0. The number of likely N-dealkylation sites (tertiary alicyclic amines) is 1. The van der Waals surface area contributed by atoms with Gasteiger partial charge >= 0.3 is 5.97 Å². The molecule has 4 aliphatic heterocycles. The Morgan fingerprint density at radius 1 is 0.957 bits per heavy atom. The molecule has 0 radical (unpaired) electrons. The van der Waals surface area contributed by atoms with Gasteiger partial charge in [0.1, 0.15) is 23.7 Å². The fourth-order valence-corrected chi connectivity index (χ4v) is 7.77. The van der Waals surface area contributed by atoms with Gasteiger partial charge in [0.2, 0.25) is 11.8 Å². The van der Waals surface area contributed by atoms with E-state index in [4.69, 9.17) is 9.47 Å². The van der Waals surface area contributed by atoms with Crippen molar-refractivity contribution in [3.63, 3.8) is 0 Å². The Hall–Kier alpha value is -4.28. The maximum absolute atomic E-state index is 14.8. The van der Waals surface area contributed by atoms with Gasteiger partial charge in [-0.2, -0.15) is 0 Å². The van der Waals surface area contributed by atoms with Crippen molar-refractivity contribution in [3.8, 4) is 0 Å². The van der Waals surface area contributed by atoms with Crippen molar-refractivity contribution in [2.45, 2.75) is 76.3 Å². The number of aliphatic hydroxyl groups is 1. The van der Waals surface area contributed by atoms with Gasteiger partial charge in [0.15, 0.2) is 0 Å². The smallest absolute Gasteiger partial charge is 0.313 e. The molecule has 0 unspecified atom stereocenters. The minimum atomic E-state index is -1.43. The molecule has 2 aromatic carbocycles. The summed E-state index contributed by atoms with van der Waals surface area (Å²) in [7, 11) is 0. The largest absolute Gasteiger partial charge is 0.455 e. The SMILES string of the molecule is Cc1cccc(C)c1N1CC=C[C@]23O[C@@H]4/C=C\CCC(=O)N[C@H](C)[C@@H](c5ccccc5)OC(=O)[C@@H]4[C@H]2C(=O)N(CCCCO)[C@@H]3C1=O. The third-order valence-corrected chi connectivity index (χ3v) is 9.86. The number of cyclic esters (lactones) is 1. The Bertz CT molecular complexity index is 1570. The molecule has 248 valence electrons. The number of aryl methyl sites for hydroxylation is 2. The summed E-state index contributed by atoms with van der Waals surface area (Å²) in [6, 6.07) is 13.5. The number of ether oxygens (including phenoxy) is 2. The third kappa shape index (κ3) is 5.89. The molecular weight excluding hydrogens is 598 g/mol. The van der Waals surface area contributed by atoms with Crippen LogP contribution >= 0.6 is 0 Å². The van der Waals surface area contributed by atoms with E-state index in [2.05, 4.69) is 5.32 Å². The number of nitrogens with zero attached hydrogens (tertiary/aromatic N) is 2. The zero-order valence-corrected chi connectivity index (χ0v) is 27.1. The molecule has 2 fully saturated rings. The first-order chi connectivity index (χ1) is 22.7. The summed E-state index contributed by atoms with van der Waals surface area (Å²) in [5, 5.41) is 12.5. The van der Waals surface area contributed by atoms with Crippen molar-refractivity contribution in [2.75, 3.05) is 24.6 Å². The summed E-state index contributed by atoms with van der Waals surface area (Å²) in [4.78, 5) is 59.8. The molecule has 10 nitrogen and oxygen atoms in total. The Morgan fingerprint density at radius 2 is 1.70 bits per heavy atom. The highest BCUT2D eigenvalue weighted by Crippen LogP contribution is 2.53. The number of unbranched alkanes of at least 4 members (excludes halogenated alkanes) is 1. The molecule has 0 aliphatic carbocycles. The molecule has 0 aromatic heterocycles. The van der Waals surface area contributed by atoms with Crippen molar-refractivity contribution in [3.05, 3.63) is 89.5 Å². The Morgan fingerprint density at radius 3 is 2.43 bits per heavy atom. The average Bonchev–Trinajstić information content (AvgIpc) is 3.43. The minimum Gasteiger partial charge on any atom is -0.455 e. The first kappa shape index (κ1) is 32.7. The number of amides is 3. The molecule has 10 heteroatoms. The number of carbonyl (C=O) groups excluding carboxylic acids is 4. The molecule has 4 aliphatic rings. The standard InChI is InChI=1S/C37H43N3O7/c1-23-13-11-14-24(2)31(23)39-21-12-19-37-30(34(43)40(20-9-10-22-41)33(37)35(39)44)29-27(47-37)17-7-8-18-28(42)38-25(3)32(46-36(29)45)26-15-5-4-6-16-26/h4-7,11-17,19,25,27,29-30,32-33,41H,8-10,18,20-22H2,1-3H3,(H,38,42)/b17-7-/t25-,27-,29+,30+,32+,33-,37+/m1/s1. The van der Waals surface area contributed by atoms with Crippen molar-refractivity contribution >= 4 is 29.4 Å². The lowest BCUT2D eigenvalue weighted by molar-refractivity contribution is -0.161. The molecule has 2 saturated heterocycles. The number of benzene rings is 2. The van der Waals surface area contributed by atoms with E-state index in [0.29, 0.717) is 24.8 Å². The summed E-state index contributed by atoms with van der Waals surface area (Å²) in [5.41, 5.74) is 1.92. The number of allylic oxidation sites excluding steroid dienone is 1. The van der Waals surface area contributed by atoms with Crippen LogP contribution in [-0.2, 0) is 28.7 Å². The highest BCUT2D eigenvalue weighted by molar-refractivity contribution is 6.06. The maximum atomic E-state index is 14.8. The lowest BCUT2D eigenvalue weighted by Crippen LogP contribution is -2.55. The van der Waals surface area contributed by atoms with Crippen LogP contribution in [0.1, 0.15) is 55.4 Å². The summed E-state index contributed by atoms with van der Waals surface area (Å²) in [6.07, 6.45) is 7.11. The maximum Gasteiger partial charge on any atom is 0.313 e. The van der Waals surface area contributed by atoms with Crippen LogP contribution in [0.5, 0.6) is 0 Å². The molecular formula is C37H43N3O7. The number of anilines is 1. The molecule has 3 amide bonds. The number of nitrogens with one attached hydrogen (secondary N) is 1. The number of rotatable bonds is 6. The Kier molecular flexibility index (Phi) is 9.34. The fraction of sp³-hybridized carbons (Fsp3) is 0.459. The van der Waals surface area contributed by atoms with E-state index < -0.39 is 47.7 Å². The number of hydrogen-bond acceptors (Lipinski definition) is 7. The van der Waals surface area contributed by atoms with Gasteiger partial charge in [0, 0.05) is 31.8 Å². The van der Waals surface area contributed by atoms with Crippen LogP contribution in [0.3, 0.4) is 0 Å². The van der Waals surface area contributed by atoms with Gasteiger partial charge in [-0.15, -0.1) is 0 Å². The Labute approximate surface area is 275 Å². The highest BCUT2D eigenvalue weighted by atomic mass is 16.6. The quantitative estimate of drug-likeness (QED) is 0.280. The molecule has 2 N–H and O–H groups in total.